The Morgan fingerprint density at radius 3 is 2.41 bits per heavy atom. The highest BCUT2D eigenvalue weighted by molar-refractivity contribution is 7.13. The molecule has 0 aliphatic rings. The number of nitro groups is 1. The lowest BCUT2D eigenvalue weighted by molar-refractivity contribution is -0.384. The normalized spacial score (nSPS) is 10.3. The lowest BCUT2D eigenvalue weighted by Crippen LogP contribution is -2.14. The molecule has 10 heteroatoms. The summed E-state index contributed by atoms with van der Waals surface area (Å²) >= 11 is 7.25. The summed E-state index contributed by atoms with van der Waals surface area (Å²) in [5.74, 6) is -0.837. The first-order valence-electron chi connectivity index (χ1n) is 7.50. The molecular weight excluding hydrogens is 392 g/mol. The highest BCUT2D eigenvalue weighted by Crippen LogP contribution is 2.23. The van der Waals surface area contributed by atoms with E-state index in [1.165, 1.54) is 23.5 Å². The Kier molecular flexibility index (Phi) is 5.43. The third-order valence-electron chi connectivity index (χ3n) is 3.47. The molecule has 3 aromatic rings. The Morgan fingerprint density at radius 1 is 1.07 bits per heavy atom. The number of nitrogens with zero attached hydrogens (tertiary/aromatic N) is 2. The number of carbonyl (C=O) groups excluding carboxylic acids is 2. The maximum absolute atomic E-state index is 12.3. The smallest absolute Gasteiger partial charge is 0.270 e. The highest BCUT2D eigenvalue weighted by atomic mass is 35.5. The lowest BCUT2D eigenvalue weighted by Gasteiger charge is -2.08. The van der Waals surface area contributed by atoms with Crippen LogP contribution in [0.1, 0.15) is 20.7 Å². The molecule has 8 nitrogen and oxygen atoms in total. The van der Waals surface area contributed by atoms with Gasteiger partial charge in [-0.25, -0.2) is 4.98 Å². The SMILES string of the molecule is O=C(Nc1nccs1)c1ccc(NC(=O)c2ccc([N+](=O)[O-])cc2Cl)cc1. The first-order valence-corrected chi connectivity index (χ1v) is 8.76. The van der Waals surface area contributed by atoms with Crippen molar-refractivity contribution in [1.82, 2.24) is 4.98 Å². The predicted octanol–water partition coefficient (Wildman–Crippen LogP) is 4.21. The van der Waals surface area contributed by atoms with Crippen molar-refractivity contribution in [2.24, 2.45) is 0 Å². The summed E-state index contributed by atoms with van der Waals surface area (Å²) in [6.45, 7) is 0. The first-order chi connectivity index (χ1) is 12.9. The van der Waals surface area contributed by atoms with E-state index in [2.05, 4.69) is 15.6 Å². The van der Waals surface area contributed by atoms with Gasteiger partial charge in [0.25, 0.3) is 17.5 Å². The molecule has 0 unspecified atom stereocenters. The fraction of sp³-hybridized carbons (Fsp3) is 0. The molecule has 2 amide bonds. The quantitative estimate of drug-likeness (QED) is 0.490. The van der Waals surface area contributed by atoms with Crippen LogP contribution in [0.15, 0.2) is 54.0 Å². The Labute approximate surface area is 162 Å². The number of rotatable bonds is 5. The molecule has 0 bridgehead atoms. The maximum Gasteiger partial charge on any atom is 0.270 e. The molecule has 0 spiro atoms. The fourth-order valence-corrected chi connectivity index (χ4v) is 2.94. The van der Waals surface area contributed by atoms with E-state index < -0.39 is 10.8 Å². The van der Waals surface area contributed by atoms with Crippen molar-refractivity contribution in [1.29, 1.82) is 0 Å². The van der Waals surface area contributed by atoms with E-state index in [4.69, 9.17) is 11.6 Å². The number of aromatic nitrogens is 1. The molecule has 1 aromatic heterocycles. The van der Waals surface area contributed by atoms with E-state index in [0.717, 1.165) is 6.07 Å². The Hall–Kier alpha value is -3.30. The summed E-state index contributed by atoms with van der Waals surface area (Å²) in [6, 6.07) is 9.83. The van der Waals surface area contributed by atoms with E-state index in [9.17, 15) is 19.7 Å². The monoisotopic (exact) mass is 402 g/mol. The Balaban J connectivity index is 1.68. The van der Waals surface area contributed by atoms with Crippen LogP contribution in [0, 0.1) is 10.1 Å². The lowest BCUT2D eigenvalue weighted by atomic mass is 10.1. The molecule has 0 saturated carbocycles. The Bertz CT molecular complexity index is 1010. The van der Waals surface area contributed by atoms with Crippen molar-refractivity contribution in [3.63, 3.8) is 0 Å². The molecule has 2 aromatic carbocycles. The van der Waals surface area contributed by atoms with Gasteiger partial charge in [0.1, 0.15) is 0 Å². The molecule has 3 rings (SSSR count). The molecule has 136 valence electrons. The predicted molar refractivity (Wildman–Crippen MR) is 103 cm³/mol. The van der Waals surface area contributed by atoms with E-state index in [0.29, 0.717) is 16.4 Å². The number of hydrogen-bond donors (Lipinski definition) is 2. The number of non-ortho nitro benzene ring substituents is 1. The molecule has 0 saturated heterocycles. The Morgan fingerprint density at radius 2 is 1.81 bits per heavy atom. The van der Waals surface area contributed by atoms with E-state index in [1.807, 2.05) is 0 Å². The van der Waals surface area contributed by atoms with Crippen LogP contribution in [0.2, 0.25) is 5.02 Å². The van der Waals surface area contributed by atoms with Gasteiger partial charge in [-0.15, -0.1) is 11.3 Å². The van der Waals surface area contributed by atoms with Crippen molar-refractivity contribution in [3.8, 4) is 0 Å². The summed E-state index contributed by atoms with van der Waals surface area (Å²) < 4.78 is 0. The van der Waals surface area contributed by atoms with Gasteiger partial charge in [0.15, 0.2) is 5.13 Å². The molecule has 0 aliphatic carbocycles. The summed E-state index contributed by atoms with van der Waals surface area (Å²) in [7, 11) is 0. The molecule has 0 atom stereocenters. The van der Waals surface area contributed by atoms with Crippen molar-refractivity contribution < 1.29 is 14.5 Å². The zero-order chi connectivity index (χ0) is 19.4. The van der Waals surface area contributed by atoms with E-state index in [-0.39, 0.29) is 22.2 Å². The first kappa shape index (κ1) is 18.5. The van der Waals surface area contributed by atoms with Crippen molar-refractivity contribution in [2.45, 2.75) is 0 Å². The molecule has 1 heterocycles. The third-order valence-corrected chi connectivity index (χ3v) is 4.47. The molecule has 0 aliphatic heterocycles. The fourth-order valence-electron chi connectivity index (χ4n) is 2.16. The van der Waals surface area contributed by atoms with Crippen LogP contribution in [0.25, 0.3) is 0 Å². The van der Waals surface area contributed by atoms with Crippen LogP contribution in [0.5, 0.6) is 0 Å². The zero-order valence-electron chi connectivity index (χ0n) is 13.5. The summed E-state index contributed by atoms with van der Waals surface area (Å²) in [4.78, 5) is 38.5. The van der Waals surface area contributed by atoms with Crippen LogP contribution < -0.4 is 10.6 Å². The number of carbonyl (C=O) groups is 2. The van der Waals surface area contributed by atoms with Crippen molar-refractivity contribution >= 4 is 51.3 Å². The van der Waals surface area contributed by atoms with Gasteiger partial charge >= 0.3 is 0 Å². The van der Waals surface area contributed by atoms with Gasteiger partial charge in [-0.3, -0.25) is 25.0 Å². The minimum Gasteiger partial charge on any atom is -0.322 e. The second-order valence-corrected chi connectivity index (χ2v) is 6.55. The maximum atomic E-state index is 12.3. The number of hydrogen-bond acceptors (Lipinski definition) is 6. The average Bonchev–Trinajstić information content (AvgIpc) is 3.15. The number of halogens is 1. The van der Waals surface area contributed by atoms with Gasteiger partial charge in [-0.2, -0.15) is 0 Å². The van der Waals surface area contributed by atoms with Crippen LogP contribution >= 0.6 is 22.9 Å². The largest absolute Gasteiger partial charge is 0.322 e. The van der Waals surface area contributed by atoms with Crippen molar-refractivity contribution in [3.05, 3.63) is 80.3 Å². The van der Waals surface area contributed by atoms with Crippen molar-refractivity contribution in [2.75, 3.05) is 10.6 Å². The summed E-state index contributed by atoms with van der Waals surface area (Å²) in [5.41, 5.74) is 0.747. The highest BCUT2D eigenvalue weighted by Gasteiger charge is 2.15. The number of amides is 2. The second kappa shape index (κ2) is 7.94. The molecule has 0 fully saturated rings. The minimum absolute atomic E-state index is 0.0267. The number of nitro benzene ring substituents is 1. The minimum atomic E-state index is -0.594. The molecule has 0 radical (unpaired) electrons. The van der Waals surface area contributed by atoms with Crippen LogP contribution in [0.3, 0.4) is 0 Å². The number of anilines is 2. The summed E-state index contributed by atoms with van der Waals surface area (Å²) in [5, 5.41) is 18.2. The van der Waals surface area contributed by atoms with Crippen LogP contribution in [-0.4, -0.2) is 21.7 Å². The molecule has 27 heavy (non-hydrogen) atoms. The van der Waals surface area contributed by atoms with Gasteiger partial charge < -0.3 is 5.32 Å². The van der Waals surface area contributed by atoms with Gasteiger partial charge in [-0.1, -0.05) is 11.6 Å². The number of thiazole rings is 1. The van der Waals surface area contributed by atoms with Crippen LogP contribution in [0.4, 0.5) is 16.5 Å². The van der Waals surface area contributed by atoms with Gasteiger partial charge in [-0.05, 0) is 30.3 Å². The second-order valence-electron chi connectivity index (χ2n) is 5.24. The molecule has 2 N–H and O–H groups in total. The van der Waals surface area contributed by atoms with Crippen LogP contribution in [-0.2, 0) is 0 Å². The number of nitrogens with one attached hydrogen (secondary N) is 2. The standard InChI is InChI=1S/C17H11ClN4O4S/c18-14-9-12(22(25)26)5-6-13(14)16(24)20-11-3-1-10(2-4-11)15(23)21-17-19-7-8-27-17/h1-9H,(H,20,24)(H,19,21,23). The van der Waals surface area contributed by atoms with E-state index in [1.54, 1.807) is 35.8 Å². The van der Waals surface area contributed by atoms with Gasteiger partial charge in [0.2, 0.25) is 0 Å². The summed E-state index contributed by atoms with van der Waals surface area (Å²) in [6.07, 6.45) is 1.59. The van der Waals surface area contributed by atoms with E-state index >= 15 is 0 Å². The number of benzene rings is 2. The average molecular weight is 403 g/mol. The third kappa shape index (κ3) is 4.46. The molecular formula is C17H11ClN4O4S. The topological polar surface area (TPSA) is 114 Å². The van der Waals surface area contributed by atoms with Gasteiger partial charge in [0, 0.05) is 35.0 Å². The van der Waals surface area contributed by atoms with Gasteiger partial charge in [0.05, 0.1) is 15.5 Å². The zero-order valence-corrected chi connectivity index (χ0v) is 15.1.